The van der Waals surface area contributed by atoms with Crippen molar-refractivity contribution in [1.29, 1.82) is 0 Å². The Morgan fingerprint density at radius 2 is 1.65 bits per heavy atom. The van der Waals surface area contributed by atoms with Gasteiger partial charge in [-0.15, -0.1) is 0 Å². The summed E-state index contributed by atoms with van der Waals surface area (Å²) in [5.41, 5.74) is 0.989. The number of nitrogens with zero attached hydrogens (tertiary/aromatic N) is 1. The minimum absolute atomic E-state index is 0.146. The van der Waals surface area contributed by atoms with E-state index < -0.39 is 6.04 Å². The summed E-state index contributed by atoms with van der Waals surface area (Å²) in [6, 6.07) is 8.85. The fourth-order valence-corrected chi connectivity index (χ4v) is 5.41. The van der Waals surface area contributed by atoms with Gasteiger partial charge in [-0.1, -0.05) is 42.5 Å². The van der Waals surface area contributed by atoms with Crippen LogP contribution in [-0.4, -0.2) is 28.7 Å². The Hall–Kier alpha value is -2.43. The molecule has 0 spiro atoms. The van der Waals surface area contributed by atoms with Gasteiger partial charge in [0.1, 0.15) is 6.04 Å². The molecule has 2 bridgehead atoms. The van der Waals surface area contributed by atoms with Crippen LogP contribution in [0.1, 0.15) is 18.9 Å². The molecule has 1 heterocycles. The molecule has 134 valence electrons. The molecule has 4 aliphatic carbocycles. The smallest absolute Gasteiger partial charge is 0.243 e. The molecule has 5 nitrogen and oxygen atoms in total. The van der Waals surface area contributed by atoms with Gasteiger partial charge in [0, 0.05) is 6.54 Å². The summed E-state index contributed by atoms with van der Waals surface area (Å²) in [6.45, 7) is 2.05. The second kappa shape index (κ2) is 5.53. The average Bonchev–Trinajstić information content (AvgIpc) is 3.44. The molecular weight excluding hydrogens is 328 g/mol. The molecule has 5 aliphatic rings. The van der Waals surface area contributed by atoms with Gasteiger partial charge in [-0.05, 0) is 42.6 Å². The number of allylic oxidation sites excluding steroid dienone is 2. The molecule has 3 amide bonds. The number of carbonyl (C=O) groups is 3. The van der Waals surface area contributed by atoms with Crippen molar-refractivity contribution in [3.05, 3.63) is 48.0 Å². The van der Waals surface area contributed by atoms with Gasteiger partial charge in [-0.3, -0.25) is 19.3 Å². The third-order valence-electron chi connectivity index (χ3n) is 6.77. The molecule has 5 heteroatoms. The number of amides is 3. The van der Waals surface area contributed by atoms with Crippen LogP contribution >= 0.6 is 0 Å². The van der Waals surface area contributed by atoms with Crippen LogP contribution < -0.4 is 5.32 Å². The topological polar surface area (TPSA) is 66.5 Å². The van der Waals surface area contributed by atoms with E-state index in [1.165, 1.54) is 4.90 Å². The van der Waals surface area contributed by atoms with Crippen molar-refractivity contribution < 1.29 is 14.4 Å². The van der Waals surface area contributed by atoms with Gasteiger partial charge in [0.2, 0.25) is 17.7 Å². The van der Waals surface area contributed by atoms with Crippen LogP contribution in [0.5, 0.6) is 0 Å². The Bertz CT molecular complexity index is 782. The molecule has 3 fully saturated rings. The van der Waals surface area contributed by atoms with Gasteiger partial charge in [-0.25, -0.2) is 0 Å². The minimum atomic E-state index is -0.764. The van der Waals surface area contributed by atoms with Crippen LogP contribution in [0.3, 0.4) is 0 Å². The number of rotatable bonds is 4. The SMILES string of the molecule is C[C@H](C(=O)NCc1ccccc1)N1C(=O)[C@@H]2[C@H]3C=C[C@@H]([C@@H]4C[C@H]34)[C@@H]2C1=O. The maximum Gasteiger partial charge on any atom is 0.243 e. The summed E-state index contributed by atoms with van der Waals surface area (Å²) in [7, 11) is 0. The van der Waals surface area contributed by atoms with E-state index >= 15 is 0 Å². The largest absolute Gasteiger partial charge is 0.350 e. The number of hydrogen-bond acceptors (Lipinski definition) is 3. The van der Waals surface area contributed by atoms with Crippen LogP contribution in [0, 0.1) is 35.5 Å². The Morgan fingerprint density at radius 3 is 2.23 bits per heavy atom. The van der Waals surface area contributed by atoms with Crippen LogP contribution in [0.25, 0.3) is 0 Å². The zero-order valence-corrected chi connectivity index (χ0v) is 14.7. The number of benzene rings is 1. The fraction of sp³-hybridized carbons (Fsp3) is 0.476. The van der Waals surface area contributed by atoms with Crippen molar-refractivity contribution in [3.63, 3.8) is 0 Å². The predicted octanol–water partition coefficient (Wildman–Crippen LogP) is 1.74. The molecule has 1 aromatic rings. The lowest BCUT2D eigenvalue weighted by molar-refractivity contribution is -0.147. The third kappa shape index (κ3) is 2.12. The number of imide groups is 1. The fourth-order valence-electron chi connectivity index (χ4n) is 5.41. The summed E-state index contributed by atoms with van der Waals surface area (Å²) in [4.78, 5) is 39.9. The van der Waals surface area contributed by atoms with E-state index in [1.54, 1.807) is 6.92 Å². The normalized spacial score (nSPS) is 37.3. The monoisotopic (exact) mass is 350 g/mol. The minimum Gasteiger partial charge on any atom is -0.350 e. The van der Waals surface area contributed by atoms with Crippen molar-refractivity contribution in [2.24, 2.45) is 35.5 Å². The molecule has 1 aliphatic heterocycles. The molecule has 26 heavy (non-hydrogen) atoms. The van der Waals surface area contributed by atoms with E-state index in [0.29, 0.717) is 18.4 Å². The van der Waals surface area contributed by atoms with E-state index in [-0.39, 0.29) is 41.4 Å². The first kappa shape index (κ1) is 15.8. The molecule has 7 atom stereocenters. The summed E-state index contributed by atoms with van der Waals surface area (Å²) in [5.74, 6) is 0.470. The molecule has 0 radical (unpaired) electrons. The van der Waals surface area contributed by atoms with Crippen molar-refractivity contribution in [1.82, 2.24) is 10.2 Å². The van der Waals surface area contributed by atoms with Gasteiger partial charge < -0.3 is 5.32 Å². The standard InChI is InChI=1S/C21H22N2O3/c1-11(19(24)22-10-12-5-3-2-4-6-12)23-20(25)17-13-7-8-14(16-9-15(13)16)18(17)21(23)26/h2-8,11,13-18H,9-10H2,1H3,(H,22,24)/t11-,13+,14+,15-,16+,17-,18+/m1/s1. The van der Waals surface area contributed by atoms with Gasteiger partial charge in [0.25, 0.3) is 0 Å². The van der Waals surface area contributed by atoms with Crippen molar-refractivity contribution in [2.75, 3.05) is 0 Å². The lowest BCUT2D eigenvalue weighted by Crippen LogP contribution is -2.48. The molecule has 0 aromatic heterocycles. The number of hydrogen-bond donors (Lipinski definition) is 1. The summed E-state index contributed by atoms with van der Waals surface area (Å²) in [5, 5.41) is 2.85. The van der Waals surface area contributed by atoms with E-state index in [2.05, 4.69) is 17.5 Å². The summed E-state index contributed by atoms with van der Waals surface area (Å²) < 4.78 is 0. The van der Waals surface area contributed by atoms with Gasteiger partial charge in [0.05, 0.1) is 11.8 Å². The molecule has 1 saturated heterocycles. The maximum atomic E-state index is 13.0. The van der Waals surface area contributed by atoms with Gasteiger partial charge in [0.15, 0.2) is 0 Å². The first-order valence-corrected chi connectivity index (χ1v) is 9.45. The highest BCUT2D eigenvalue weighted by Gasteiger charge is 2.67. The van der Waals surface area contributed by atoms with Crippen molar-refractivity contribution in [3.8, 4) is 0 Å². The van der Waals surface area contributed by atoms with Crippen LogP contribution in [0.4, 0.5) is 0 Å². The summed E-state index contributed by atoms with van der Waals surface area (Å²) >= 11 is 0. The number of carbonyl (C=O) groups excluding carboxylic acids is 3. The molecule has 6 rings (SSSR count). The lowest BCUT2D eigenvalue weighted by atomic mass is 9.63. The molecular formula is C21H22N2O3. The Kier molecular flexibility index (Phi) is 3.36. The number of nitrogens with one attached hydrogen (secondary N) is 1. The zero-order chi connectivity index (χ0) is 18.0. The van der Waals surface area contributed by atoms with E-state index in [1.807, 2.05) is 30.3 Å². The molecule has 1 aromatic carbocycles. The predicted molar refractivity (Wildman–Crippen MR) is 94.3 cm³/mol. The molecule has 1 N–H and O–H groups in total. The Balaban J connectivity index is 1.32. The quantitative estimate of drug-likeness (QED) is 0.664. The van der Waals surface area contributed by atoms with Gasteiger partial charge in [-0.2, -0.15) is 0 Å². The van der Waals surface area contributed by atoms with Gasteiger partial charge >= 0.3 is 0 Å². The second-order valence-corrected chi connectivity index (χ2v) is 8.08. The molecule has 0 unspecified atom stereocenters. The number of likely N-dealkylation sites (tertiary alicyclic amines) is 1. The first-order valence-electron chi connectivity index (χ1n) is 9.45. The zero-order valence-electron chi connectivity index (χ0n) is 14.7. The highest BCUT2D eigenvalue weighted by atomic mass is 16.2. The summed E-state index contributed by atoms with van der Waals surface area (Å²) in [6.07, 6.45) is 5.44. The highest BCUT2D eigenvalue weighted by Crippen LogP contribution is 2.65. The van der Waals surface area contributed by atoms with E-state index in [4.69, 9.17) is 0 Å². The molecule has 2 saturated carbocycles. The third-order valence-corrected chi connectivity index (χ3v) is 6.77. The van der Waals surface area contributed by atoms with Crippen LogP contribution in [-0.2, 0) is 20.9 Å². The van der Waals surface area contributed by atoms with E-state index in [0.717, 1.165) is 12.0 Å². The Labute approximate surface area is 152 Å². The van der Waals surface area contributed by atoms with Crippen molar-refractivity contribution >= 4 is 17.7 Å². The van der Waals surface area contributed by atoms with Crippen molar-refractivity contribution in [2.45, 2.75) is 25.9 Å². The van der Waals surface area contributed by atoms with Crippen LogP contribution in [0.2, 0.25) is 0 Å². The second-order valence-electron chi connectivity index (χ2n) is 8.08. The maximum absolute atomic E-state index is 13.0. The highest BCUT2D eigenvalue weighted by molar-refractivity contribution is 6.09. The average molecular weight is 350 g/mol. The lowest BCUT2D eigenvalue weighted by Gasteiger charge is -2.37. The Morgan fingerprint density at radius 1 is 1.08 bits per heavy atom. The van der Waals surface area contributed by atoms with Crippen LogP contribution in [0.15, 0.2) is 42.5 Å². The first-order chi connectivity index (χ1) is 12.6. The van der Waals surface area contributed by atoms with E-state index in [9.17, 15) is 14.4 Å².